The molecule has 0 radical (unpaired) electrons. The third-order valence-corrected chi connectivity index (χ3v) is 3.29. The highest BCUT2D eigenvalue weighted by Crippen LogP contribution is 2.26. The molecule has 1 N–H and O–H groups in total. The van der Waals surface area contributed by atoms with Crippen LogP contribution in [0, 0.1) is 0 Å². The van der Waals surface area contributed by atoms with E-state index in [0.717, 1.165) is 28.2 Å². The standard InChI is InChI=1S/C15H16BrNO2/c1-18-14-7-13(8-15(9-14)19-2)17-10-11-3-5-12(16)6-4-11/h3-9,17H,10H2,1-2H3. The van der Waals surface area contributed by atoms with Crippen LogP contribution in [0.3, 0.4) is 0 Å². The highest BCUT2D eigenvalue weighted by molar-refractivity contribution is 9.10. The Kier molecular flexibility index (Phi) is 4.68. The van der Waals surface area contributed by atoms with Crippen LogP contribution >= 0.6 is 15.9 Å². The third-order valence-electron chi connectivity index (χ3n) is 2.76. The van der Waals surface area contributed by atoms with Crippen LogP contribution in [0.2, 0.25) is 0 Å². The third kappa shape index (κ3) is 3.89. The zero-order valence-electron chi connectivity index (χ0n) is 10.9. The number of halogens is 1. The predicted molar refractivity (Wildman–Crippen MR) is 81.0 cm³/mol. The minimum atomic E-state index is 0.754. The molecule has 0 aliphatic rings. The van der Waals surface area contributed by atoms with Crippen molar-refractivity contribution in [3.05, 3.63) is 52.5 Å². The molecule has 0 saturated heterocycles. The molecule has 3 nitrogen and oxygen atoms in total. The van der Waals surface area contributed by atoms with Gasteiger partial charge in [0.25, 0.3) is 0 Å². The van der Waals surface area contributed by atoms with Crippen molar-refractivity contribution >= 4 is 21.6 Å². The Hall–Kier alpha value is -1.68. The van der Waals surface area contributed by atoms with E-state index in [1.165, 1.54) is 5.56 Å². The molecule has 0 amide bonds. The number of hydrogen-bond acceptors (Lipinski definition) is 3. The second-order valence-corrected chi connectivity index (χ2v) is 5.00. The lowest BCUT2D eigenvalue weighted by atomic mass is 10.2. The van der Waals surface area contributed by atoms with Crippen molar-refractivity contribution in [3.63, 3.8) is 0 Å². The maximum Gasteiger partial charge on any atom is 0.124 e. The Morgan fingerprint density at radius 1 is 0.947 bits per heavy atom. The SMILES string of the molecule is COc1cc(NCc2ccc(Br)cc2)cc(OC)c1. The average molecular weight is 322 g/mol. The van der Waals surface area contributed by atoms with Crippen LogP contribution in [-0.2, 0) is 6.54 Å². The fraction of sp³-hybridized carbons (Fsp3) is 0.200. The van der Waals surface area contributed by atoms with Gasteiger partial charge in [0, 0.05) is 34.9 Å². The van der Waals surface area contributed by atoms with E-state index in [4.69, 9.17) is 9.47 Å². The van der Waals surface area contributed by atoms with Gasteiger partial charge in [0.1, 0.15) is 11.5 Å². The van der Waals surface area contributed by atoms with E-state index in [1.807, 2.05) is 30.3 Å². The molecule has 0 fully saturated rings. The lowest BCUT2D eigenvalue weighted by Gasteiger charge is -2.10. The Morgan fingerprint density at radius 3 is 2.05 bits per heavy atom. The van der Waals surface area contributed by atoms with Crippen LogP contribution in [0.15, 0.2) is 46.9 Å². The molecule has 2 rings (SSSR count). The van der Waals surface area contributed by atoms with Crippen LogP contribution in [-0.4, -0.2) is 14.2 Å². The summed E-state index contributed by atoms with van der Waals surface area (Å²) in [4.78, 5) is 0. The first-order valence-electron chi connectivity index (χ1n) is 5.92. The largest absolute Gasteiger partial charge is 0.497 e. The smallest absolute Gasteiger partial charge is 0.124 e. The molecule has 0 atom stereocenters. The normalized spacial score (nSPS) is 10.1. The summed E-state index contributed by atoms with van der Waals surface area (Å²) in [5.41, 5.74) is 2.18. The molecule has 0 aliphatic carbocycles. The molecule has 19 heavy (non-hydrogen) atoms. The van der Waals surface area contributed by atoms with Crippen molar-refractivity contribution in [3.8, 4) is 11.5 Å². The van der Waals surface area contributed by atoms with Crippen molar-refractivity contribution in [2.45, 2.75) is 6.54 Å². The van der Waals surface area contributed by atoms with Gasteiger partial charge in [0.05, 0.1) is 14.2 Å². The molecule has 100 valence electrons. The van der Waals surface area contributed by atoms with Crippen LogP contribution in [0.4, 0.5) is 5.69 Å². The first kappa shape index (κ1) is 13.7. The van der Waals surface area contributed by atoms with E-state index in [0.29, 0.717) is 0 Å². The van der Waals surface area contributed by atoms with Crippen LogP contribution in [0.1, 0.15) is 5.56 Å². The van der Waals surface area contributed by atoms with Gasteiger partial charge in [-0.2, -0.15) is 0 Å². The molecular formula is C15H16BrNO2. The molecule has 2 aromatic rings. The summed E-state index contributed by atoms with van der Waals surface area (Å²) in [6, 6.07) is 14.0. The second-order valence-electron chi connectivity index (χ2n) is 4.08. The molecular weight excluding hydrogens is 306 g/mol. The number of nitrogens with one attached hydrogen (secondary N) is 1. The molecule has 0 heterocycles. The van der Waals surface area contributed by atoms with E-state index < -0.39 is 0 Å². The minimum absolute atomic E-state index is 0.754. The summed E-state index contributed by atoms with van der Waals surface area (Å²) in [6.45, 7) is 0.754. The molecule has 0 aromatic heterocycles. The molecule has 4 heteroatoms. The second kappa shape index (κ2) is 6.48. The summed E-state index contributed by atoms with van der Waals surface area (Å²) >= 11 is 3.43. The van der Waals surface area contributed by atoms with Crippen LogP contribution in [0.5, 0.6) is 11.5 Å². The first-order chi connectivity index (χ1) is 9.21. The first-order valence-corrected chi connectivity index (χ1v) is 6.72. The zero-order chi connectivity index (χ0) is 13.7. The lowest BCUT2D eigenvalue weighted by Crippen LogP contribution is -2.00. The molecule has 2 aromatic carbocycles. The van der Waals surface area contributed by atoms with E-state index >= 15 is 0 Å². The van der Waals surface area contributed by atoms with Gasteiger partial charge in [-0.15, -0.1) is 0 Å². The zero-order valence-corrected chi connectivity index (χ0v) is 12.5. The van der Waals surface area contributed by atoms with Crippen molar-refractivity contribution in [1.82, 2.24) is 0 Å². The number of anilines is 1. The van der Waals surface area contributed by atoms with Crippen molar-refractivity contribution in [2.24, 2.45) is 0 Å². The number of rotatable bonds is 5. The Balaban J connectivity index is 2.08. The molecule has 0 unspecified atom stereocenters. The van der Waals surface area contributed by atoms with Crippen molar-refractivity contribution in [1.29, 1.82) is 0 Å². The highest BCUT2D eigenvalue weighted by atomic mass is 79.9. The quantitative estimate of drug-likeness (QED) is 0.900. The Bertz CT molecular complexity index is 518. The molecule has 0 aliphatic heterocycles. The predicted octanol–water partition coefficient (Wildman–Crippen LogP) is 4.08. The van der Waals surface area contributed by atoms with Gasteiger partial charge in [-0.05, 0) is 17.7 Å². The number of ether oxygens (including phenoxy) is 2. The van der Waals surface area contributed by atoms with Gasteiger partial charge >= 0.3 is 0 Å². The minimum Gasteiger partial charge on any atom is -0.497 e. The van der Waals surface area contributed by atoms with Crippen LogP contribution in [0.25, 0.3) is 0 Å². The summed E-state index contributed by atoms with van der Waals surface area (Å²) in [5.74, 6) is 1.55. The maximum atomic E-state index is 5.24. The van der Waals surface area contributed by atoms with Crippen molar-refractivity contribution < 1.29 is 9.47 Å². The summed E-state index contributed by atoms with van der Waals surface area (Å²) in [7, 11) is 3.29. The van der Waals surface area contributed by atoms with E-state index in [2.05, 4.69) is 33.4 Å². The summed E-state index contributed by atoms with van der Waals surface area (Å²) < 4.78 is 11.6. The van der Waals surface area contributed by atoms with Gasteiger partial charge in [0.2, 0.25) is 0 Å². The number of methoxy groups -OCH3 is 2. The Labute approximate surface area is 121 Å². The van der Waals surface area contributed by atoms with Gasteiger partial charge in [-0.25, -0.2) is 0 Å². The number of benzene rings is 2. The van der Waals surface area contributed by atoms with E-state index in [1.54, 1.807) is 14.2 Å². The summed E-state index contributed by atoms with van der Waals surface area (Å²) in [6.07, 6.45) is 0. The monoisotopic (exact) mass is 321 g/mol. The fourth-order valence-electron chi connectivity index (χ4n) is 1.72. The van der Waals surface area contributed by atoms with Gasteiger partial charge in [0.15, 0.2) is 0 Å². The van der Waals surface area contributed by atoms with Gasteiger partial charge in [-0.3, -0.25) is 0 Å². The van der Waals surface area contributed by atoms with Gasteiger partial charge < -0.3 is 14.8 Å². The van der Waals surface area contributed by atoms with E-state index in [-0.39, 0.29) is 0 Å². The molecule has 0 saturated carbocycles. The van der Waals surface area contributed by atoms with Crippen molar-refractivity contribution in [2.75, 3.05) is 19.5 Å². The molecule has 0 spiro atoms. The lowest BCUT2D eigenvalue weighted by molar-refractivity contribution is 0.394. The molecule has 0 bridgehead atoms. The summed E-state index contributed by atoms with van der Waals surface area (Å²) in [5, 5.41) is 3.35. The van der Waals surface area contributed by atoms with Gasteiger partial charge in [-0.1, -0.05) is 28.1 Å². The average Bonchev–Trinajstić information content (AvgIpc) is 2.46. The van der Waals surface area contributed by atoms with E-state index in [9.17, 15) is 0 Å². The highest BCUT2D eigenvalue weighted by Gasteiger charge is 2.01. The van der Waals surface area contributed by atoms with Crippen LogP contribution < -0.4 is 14.8 Å². The maximum absolute atomic E-state index is 5.24. The fourth-order valence-corrected chi connectivity index (χ4v) is 1.98. The topological polar surface area (TPSA) is 30.5 Å². The number of hydrogen-bond donors (Lipinski definition) is 1. The Morgan fingerprint density at radius 2 is 1.53 bits per heavy atom.